The van der Waals surface area contributed by atoms with Gasteiger partial charge in [0.25, 0.3) is 0 Å². The summed E-state index contributed by atoms with van der Waals surface area (Å²) in [7, 11) is 0. The minimum absolute atomic E-state index is 0.265. The number of carbonyl (C=O) groups excluding carboxylic acids is 1. The van der Waals surface area contributed by atoms with E-state index >= 15 is 0 Å². The number of hydrogen-bond donors (Lipinski definition) is 1. The van der Waals surface area contributed by atoms with Crippen LogP contribution >= 0.6 is 0 Å². The zero-order valence-corrected chi connectivity index (χ0v) is 17.4. The van der Waals surface area contributed by atoms with Gasteiger partial charge in [0.1, 0.15) is 0 Å². The van der Waals surface area contributed by atoms with Crippen molar-refractivity contribution < 1.29 is 4.79 Å². The van der Waals surface area contributed by atoms with Crippen LogP contribution in [0.4, 0.5) is 0 Å². The molecule has 2 heterocycles. The topological polar surface area (TPSA) is 42.0 Å². The van der Waals surface area contributed by atoms with Gasteiger partial charge < -0.3 is 5.32 Å². The number of allylic oxidation sites excluding steroid dienone is 2. The average Bonchev–Trinajstić information content (AvgIpc) is 3.04. The summed E-state index contributed by atoms with van der Waals surface area (Å²) in [6.45, 7) is 5.97. The Balaban J connectivity index is 1.42. The zero-order chi connectivity index (χ0) is 19.4. The highest BCUT2D eigenvalue weighted by atomic mass is 16.1. The average molecular weight is 379 g/mol. The molecule has 4 aliphatic rings. The van der Waals surface area contributed by atoms with E-state index in [4.69, 9.17) is 0 Å². The predicted octanol–water partition coefficient (Wildman–Crippen LogP) is 5.23. The fourth-order valence-electron chi connectivity index (χ4n) is 7.80. The first-order chi connectivity index (χ1) is 13.5. The molecule has 1 aromatic rings. The van der Waals surface area contributed by atoms with Crippen LogP contribution in [-0.2, 0) is 4.79 Å². The molecule has 3 heteroatoms. The zero-order valence-electron chi connectivity index (χ0n) is 17.4. The molecule has 1 aliphatic heterocycles. The second-order valence-electron chi connectivity index (χ2n) is 10.3. The molecule has 28 heavy (non-hydrogen) atoms. The van der Waals surface area contributed by atoms with Crippen LogP contribution < -0.4 is 5.32 Å². The lowest BCUT2D eigenvalue weighted by atomic mass is 9.46. The highest BCUT2D eigenvalue weighted by Crippen LogP contribution is 2.66. The quantitative estimate of drug-likeness (QED) is 0.727. The SMILES string of the molecule is C[C@]12CCC3[C@@H](CC[C@H]4CCC(=O)NCC[C@]34C)[C@@H]1CC=C2c1cccnc1. The minimum Gasteiger partial charge on any atom is -0.356 e. The van der Waals surface area contributed by atoms with E-state index in [9.17, 15) is 4.79 Å². The molecule has 0 radical (unpaired) electrons. The Morgan fingerprint density at radius 2 is 2.00 bits per heavy atom. The summed E-state index contributed by atoms with van der Waals surface area (Å²) in [5.74, 6) is 3.43. The third-order valence-electron chi connectivity index (χ3n) is 9.32. The summed E-state index contributed by atoms with van der Waals surface area (Å²) < 4.78 is 0. The highest BCUT2D eigenvalue weighted by Gasteiger charge is 2.57. The van der Waals surface area contributed by atoms with Gasteiger partial charge in [0.05, 0.1) is 0 Å². The van der Waals surface area contributed by atoms with Crippen molar-refractivity contribution in [2.45, 2.75) is 65.2 Å². The molecule has 1 saturated heterocycles. The van der Waals surface area contributed by atoms with Gasteiger partial charge in [-0.25, -0.2) is 0 Å². The molecule has 1 N–H and O–H groups in total. The molecular formula is C25H34N2O. The van der Waals surface area contributed by atoms with Gasteiger partial charge in [-0.15, -0.1) is 0 Å². The number of aromatic nitrogens is 1. The number of fused-ring (bicyclic) bond motifs is 5. The smallest absolute Gasteiger partial charge is 0.220 e. The Bertz CT molecular complexity index is 787. The van der Waals surface area contributed by atoms with Crippen molar-refractivity contribution in [1.82, 2.24) is 10.3 Å². The Kier molecular flexibility index (Phi) is 4.41. The van der Waals surface area contributed by atoms with Crippen molar-refractivity contribution >= 4 is 11.5 Å². The van der Waals surface area contributed by atoms with Crippen LogP contribution in [0.2, 0.25) is 0 Å². The van der Waals surface area contributed by atoms with E-state index in [0.29, 0.717) is 10.8 Å². The van der Waals surface area contributed by atoms with Crippen molar-refractivity contribution in [2.75, 3.05) is 6.54 Å². The molecule has 0 bridgehead atoms. The maximum absolute atomic E-state index is 11.9. The van der Waals surface area contributed by atoms with Crippen molar-refractivity contribution in [3.63, 3.8) is 0 Å². The Hall–Kier alpha value is -1.64. The molecule has 0 aromatic carbocycles. The lowest BCUT2D eigenvalue weighted by Crippen LogP contribution is -2.53. The number of pyridine rings is 1. The van der Waals surface area contributed by atoms with E-state index in [1.165, 1.54) is 37.7 Å². The molecule has 5 rings (SSSR count). The summed E-state index contributed by atoms with van der Waals surface area (Å²) in [4.78, 5) is 16.3. The van der Waals surface area contributed by atoms with Gasteiger partial charge in [0.15, 0.2) is 0 Å². The predicted molar refractivity (Wildman–Crippen MR) is 112 cm³/mol. The van der Waals surface area contributed by atoms with Gasteiger partial charge >= 0.3 is 0 Å². The number of hydrogen-bond acceptors (Lipinski definition) is 2. The van der Waals surface area contributed by atoms with Crippen molar-refractivity contribution in [3.05, 3.63) is 36.2 Å². The molecule has 0 spiro atoms. The molecular weight excluding hydrogens is 344 g/mol. The Labute approximate surface area is 169 Å². The van der Waals surface area contributed by atoms with Gasteiger partial charge in [-0.1, -0.05) is 26.0 Å². The number of nitrogens with zero attached hydrogens (tertiary/aromatic N) is 1. The molecule has 1 amide bonds. The van der Waals surface area contributed by atoms with Crippen molar-refractivity contribution in [2.24, 2.45) is 34.5 Å². The normalized spacial score (nSPS) is 42.9. The molecule has 3 nitrogen and oxygen atoms in total. The monoisotopic (exact) mass is 378 g/mol. The van der Waals surface area contributed by atoms with Crippen LogP contribution in [0.1, 0.15) is 70.8 Å². The van der Waals surface area contributed by atoms with Crippen molar-refractivity contribution in [3.8, 4) is 0 Å². The summed E-state index contributed by atoms with van der Waals surface area (Å²) in [6, 6.07) is 4.32. The summed E-state index contributed by atoms with van der Waals surface area (Å²) >= 11 is 0. The lowest BCUT2D eigenvalue weighted by Gasteiger charge is -2.59. The van der Waals surface area contributed by atoms with Crippen molar-refractivity contribution in [1.29, 1.82) is 0 Å². The van der Waals surface area contributed by atoms with Crippen LogP contribution in [-0.4, -0.2) is 17.4 Å². The maximum atomic E-state index is 11.9. The van der Waals surface area contributed by atoms with E-state index in [-0.39, 0.29) is 5.91 Å². The van der Waals surface area contributed by atoms with E-state index in [1.54, 1.807) is 5.57 Å². The molecule has 150 valence electrons. The molecule has 1 unspecified atom stereocenters. The lowest BCUT2D eigenvalue weighted by molar-refractivity contribution is -0.125. The molecule has 3 fully saturated rings. The van der Waals surface area contributed by atoms with Crippen LogP contribution in [0.3, 0.4) is 0 Å². The molecule has 1 aromatic heterocycles. The third-order valence-corrected chi connectivity index (χ3v) is 9.32. The number of nitrogens with one attached hydrogen (secondary N) is 1. The van der Waals surface area contributed by atoms with E-state index in [1.807, 2.05) is 6.20 Å². The number of amides is 1. The molecule has 2 saturated carbocycles. The second-order valence-corrected chi connectivity index (χ2v) is 10.3. The van der Waals surface area contributed by atoms with E-state index in [0.717, 1.165) is 49.5 Å². The largest absolute Gasteiger partial charge is 0.356 e. The van der Waals surface area contributed by atoms with Gasteiger partial charge in [-0.05, 0) is 96.7 Å². The third kappa shape index (κ3) is 2.69. The fraction of sp³-hybridized carbons (Fsp3) is 0.680. The standard InChI is InChI=1S/C25H34N2O/c1-24-13-15-27-23(28)10-6-18(24)5-7-19-21-9-8-20(17-4-3-14-26-16-17)25(21,2)12-11-22(19)24/h3-4,8,14,16,18-19,21-22H,5-7,9-13,15H2,1-2H3,(H,27,28)/t18-,19-,21-,22?,24-,25+/m0/s1. The van der Waals surface area contributed by atoms with Gasteiger partial charge in [0.2, 0.25) is 5.91 Å². The fourth-order valence-corrected chi connectivity index (χ4v) is 7.80. The maximum Gasteiger partial charge on any atom is 0.220 e. The number of carbonyl (C=O) groups is 1. The van der Waals surface area contributed by atoms with Crippen LogP contribution in [0.15, 0.2) is 30.6 Å². The summed E-state index contributed by atoms with van der Waals surface area (Å²) in [6.07, 6.45) is 16.0. The molecule has 3 aliphatic carbocycles. The van der Waals surface area contributed by atoms with E-state index in [2.05, 4.69) is 48.6 Å². The highest BCUT2D eigenvalue weighted by molar-refractivity contribution is 5.76. The Morgan fingerprint density at radius 3 is 2.82 bits per heavy atom. The summed E-state index contributed by atoms with van der Waals surface area (Å²) in [5.41, 5.74) is 3.60. The Morgan fingerprint density at radius 1 is 1.11 bits per heavy atom. The van der Waals surface area contributed by atoms with Gasteiger partial charge in [-0.2, -0.15) is 0 Å². The first kappa shape index (κ1) is 18.4. The first-order valence-corrected chi connectivity index (χ1v) is 11.4. The van der Waals surface area contributed by atoms with Gasteiger partial charge in [-0.3, -0.25) is 9.78 Å². The van der Waals surface area contributed by atoms with Gasteiger partial charge in [0, 0.05) is 25.4 Å². The van der Waals surface area contributed by atoms with E-state index < -0.39 is 0 Å². The van der Waals surface area contributed by atoms with Crippen LogP contribution in [0.25, 0.3) is 5.57 Å². The first-order valence-electron chi connectivity index (χ1n) is 11.4. The van der Waals surface area contributed by atoms with Crippen LogP contribution in [0, 0.1) is 34.5 Å². The second kappa shape index (κ2) is 6.71. The number of rotatable bonds is 1. The summed E-state index contributed by atoms with van der Waals surface area (Å²) in [5, 5.41) is 3.16. The minimum atomic E-state index is 0.265. The van der Waals surface area contributed by atoms with Crippen LogP contribution in [0.5, 0.6) is 0 Å². The molecule has 6 atom stereocenters.